The summed E-state index contributed by atoms with van der Waals surface area (Å²) in [5.41, 5.74) is 1.49. The van der Waals surface area contributed by atoms with Crippen molar-refractivity contribution in [2.75, 3.05) is 37.4 Å². The number of nitrogens with zero attached hydrogens (tertiary/aromatic N) is 1. The first kappa shape index (κ1) is 15.2. The molecule has 0 amide bonds. The van der Waals surface area contributed by atoms with Crippen LogP contribution in [0, 0.1) is 16.0 Å². The highest BCUT2D eigenvalue weighted by Gasteiger charge is 2.08. The predicted molar refractivity (Wildman–Crippen MR) is 76.8 cm³/mol. The smallest absolute Gasteiger partial charge is 0.273 e. The predicted octanol–water partition coefficient (Wildman–Crippen LogP) is 2.72. The van der Waals surface area contributed by atoms with Crippen molar-refractivity contribution >= 4 is 17.1 Å². The maximum Gasteiger partial charge on any atom is 0.273 e. The first-order chi connectivity index (χ1) is 9.02. The maximum atomic E-state index is 10.8. The summed E-state index contributed by atoms with van der Waals surface area (Å²) in [6.45, 7) is 6.10. The van der Waals surface area contributed by atoms with Gasteiger partial charge in [0.1, 0.15) is 0 Å². The molecule has 0 radical (unpaired) electrons. The van der Waals surface area contributed by atoms with Crippen molar-refractivity contribution in [3.8, 4) is 0 Å². The van der Waals surface area contributed by atoms with E-state index in [0.717, 1.165) is 6.61 Å². The Balaban J connectivity index is 2.53. The second kappa shape index (κ2) is 7.58. The van der Waals surface area contributed by atoms with E-state index in [0.29, 0.717) is 30.4 Å². The van der Waals surface area contributed by atoms with Crippen molar-refractivity contribution in [1.82, 2.24) is 0 Å². The molecule has 0 aliphatic carbocycles. The van der Waals surface area contributed by atoms with Gasteiger partial charge in [0.05, 0.1) is 11.5 Å². The Kier molecular flexibility index (Phi) is 6.08. The monoisotopic (exact) mass is 267 g/mol. The first-order valence-electron chi connectivity index (χ1n) is 6.31. The molecule has 1 rings (SSSR count). The maximum absolute atomic E-state index is 10.8. The van der Waals surface area contributed by atoms with E-state index in [2.05, 4.69) is 24.5 Å². The molecule has 0 saturated carbocycles. The Morgan fingerprint density at radius 3 is 2.58 bits per heavy atom. The second-order valence-electron chi connectivity index (χ2n) is 4.67. The zero-order chi connectivity index (χ0) is 14.3. The van der Waals surface area contributed by atoms with Gasteiger partial charge in [-0.1, -0.05) is 13.8 Å². The van der Waals surface area contributed by atoms with Gasteiger partial charge in [-0.3, -0.25) is 10.1 Å². The SMILES string of the molecule is CNc1cc(NCCOCC(C)C)cc([N+](=O)[O-])c1. The minimum absolute atomic E-state index is 0.0671. The largest absolute Gasteiger partial charge is 0.388 e. The minimum Gasteiger partial charge on any atom is -0.388 e. The second-order valence-corrected chi connectivity index (χ2v) is 4.67. The van der Waals surface area contributed by atoms with Crippen molar-refractivity contribution in [3.63, 3.8) is 0 Å². The topological polar surface area (TPSA) is 76.4 Å². The molecular formula is C13H21N3O3. The Bertz CT molecular complexity index is 422. The molecule has 0 aliphatic heterocycles. The van der Waals surface area contributed by atoms with Gasteiger partial charge >= 0.3 is 0 Å². The number of benzene rings is 1. The number of nitro benzene ring substituents is 1. The molecule has 6 heteroatoms. The lowest BCUT2D eigenvalue weighted by Crippen LogP contribution is -2.12. The molecule has 6 nitrogen and oxygen atoms in total. The number of hydrogen-bond acceptors (Lipinski definition) is 5. The van der Waals surface area contributed by atoms with E-state index in [1.165, 1.54) is 12.1 Å². The average Bonchev–Trinajstić information content (AvgIpc) is 2.37. The van der Waals surface area contributed by atoms with Crippen molar-refractivity contribution < 1.29 is 9.66 Å². The van der Waals surface area contributed by atoms with Crippen LogP contribution in [0.5, 0.6) is 0 Å². The number of nitrogens with one attached hydrogen (secondary N) is 2. The molecule has 1 aromatic rings. The van der Waals surface area contributed by atoms with Crippen LogP contribution in [-0.4, -0.2) is 31.7 Å². The Morgan fingerprint density at radius 1 is 1.32 bits per heavy atom. The number of anilines is 2. The fourth-order valence-corrected chi connectivity index (χ4v) is 1.55. The van der Waals surface area contributed by atoms with Crippen LogP contribution in [0.15, 0.2) is 18.2 Å². The summed E-state index contributed by atoms with van der Waals surface area (Å²) >= 11 is 0. The summed E-state index contributed by atoms with van der Waals surface area (Å²) in [6, 6.07) is 4.85. The molecule has 0 saturated heterocycles. The Labute approximate surface area is 113 Å². The number of hydrogen-bond donors (Lipinski definition) is 2. The van der Waals surface area contributed by atoms with Crippen LogP contribution < -0.4 is 10.6 Å². The molecule has 0 atom stereocenters. The molecule has 1 aromatic carbocycles. The van der Waals surface area contributed by atoms with E-state index >= 15 is 0 Å². The highest BCUT2D eigenvalue weighted by molar-refractivity contribution is 5.63. The highest BCUT2D eigenvalue weighted by Crippen LogP contribution is 2.23. The zero-order valence-corrected chi connectivity index (χ0v) is 11.6. The van der Waals surface area contributed by atoms with Crippen molar-refractivity contribution in [1.29, 1.82) is 0 Å². The van der Waals surface area contributed by atoms with Crippen LogP contribution in [0.2, 0.25) is 0 Å². The number of nitro groups is 1. The summed E-state index contributed by atoms with van der Waals surface area (Å²) < 4.78 is 5.44. The molecule has 2 N–H and O–H groups in total. The lowest BCUT2D eigenvalue weighted by molar-refractivity contribution is -0.384. The van der Waals surface area contributed by atoms with Gasteiger partial charge in [-0.2, -0.15) is 0 Å². The molecule has 0 aliphatic rings. The summed E-state index contributed by atoms with van der Waals surface area (Å²) in [5.74, 6) is 0.508. The molecule has 0 bridgehead atoms. The summed E-state index contributed by atoms with van der Waals surface area (Å²) in [6.07, 6.45) is 0. The van der Waals surface area contributed by atoms with E-state index in [1.54, 1.807) is 7.05 Å². The van der Waals surface area contributed by atoms with Crippen molar-refractivity contribution in [2.24, 2.45) is 5.92 Å². The molecular weight excluding hydrogens is 246 g/mol. The third kappa shape index (κ3) is 5.56. The summed E-state index contributed by atoms with van der Waals surface area (Å²) in [4.78, 5) is 10.4. The van der Waals surface area contributed by atoms with Gasteiger partial charge in [0.25, 0.3) is 5.69 Å². The van der Waals surface area contributed by atoms with Gasteiger partial charge in [-0.05, 0) is 12.0 Å². The molecule has 0 spiro atoms. The fourth-order valence-electron chi connectivity index (χ4n) is 1.55. The van der Waals surface area contributed by atoms with E-state index in [1.807, 2.05) is 6.07 Å². The van der Waals surface area contributed by atoms with Gasteiger partial charge in [-0.25, -0.2) is 0 Å². The van der Waals surface area contributed by atoms with E-state index in [4.69, 9.17) is 4.74 Å². The van der Waals surface area contributed by atoms with Crippen LogP contribution in [0.25, 0.3) is 0 Å². The zero-order valence-electron chi connectivity index (χ0n) is 11.6. The standard InChI is InChI=1S/C13H21N3O3/c1-10(2)9-19-5-4-15-12-6-11(14-3)7-13(8-12)16(17)18/h6-8,10,14-15H,4-5,9H2,1-3H3. The highest BCUT2D eigenvalue weighted by atomic mass is 16.6. The molecule has 0 unspecified atom stereocenters. The normalized spacial score (nSPS) is 10.5. The molecule has 106 valence electrons. The third-order valence-electron chi connectivity index (χ3n) is 2.44. The fraction of sp³-hybridized carbons (Fsp3) is 0.538. The van der Waals surface area contributed by atoms with Gasteiger partial charge in [0.2, 0.25) is 0 Å². The summed E-state index contributed by atoms with van der Waals surface area (Å²) in [7, 11) is 1.73. The molecule has 0 fully saturated rings. The molecule has 19 heavy (non-hydrogen) atoms. The Hall–Kier alpha value is -1.82. The minimum atomic E-state index is -0.402. The number of rotatable bonds is 8. The lowest BCUT2D eigenvalue weighted by Gasteiger charge is -2.10. The quantitative estimate of drug-likeness (QED) is 0.430. The van der Waals surface area contributed by atoms with E-state index < -0.39 is 4.92 Å². The van der Waals surface area contributed by atoms with Gasteiger partial charge in [-0.15, -0.1) is 0 Å². The van der Waals surface area contributed by atoms with Gasteiger partial charge in [0.15, 0.2) is 0 Å². The van der Waals surface area contributed by atoms with Crippen molar-refractivity contribution in [2.45, 2.75) is 13.8 Å². The summed E-state index contributed by atoms with van der Waals surface area (Å²) in [5, 5.41) is 16.8. The van der Waals surface area contributed by atoms with E-state index in [9.17, 15) is 10.1 Å². The van der Waals surface area contributed by atoms with Crippen LogP contribution >= 0.6 is 0 Å². The Morgan fingerprint density at radius 2 is 2.00 bits per heavy atom. The van der Waals surface area contributed by atoms with Crippen LogP contribution in [0.4, 0.5) is 17.1 Å². The van der Waals surface area contributed by atoms with Gasteiger partial charge < -0.3 is 15.4 Å². The van der Waals surface area contributed by atoms with Crippen LogP contribution in [0.3, 0.4) is 0 Å². The van der Waals surface area contributed by atoms with Crippen molar-refractivity contribution in [3.05, 3.63) is 28.3 Å². The van der Waals surface area contributed by atoms with Crippen LogP contribution in [0.1, 0.15) is 13.8 Å². The molecule has 0 heterocycles. The van der Waals surface area contributed by atoms with Crippen LogP contribution in [-0.2, 0) is 4.74 Å². The average molecular weight is 267 g/mol. The van der Waals surface area contributed by atoms with Gasteiger partial charge in [0, 0.05) is 43.7 Å². The third-order valence-corrected chi connectivity index (χ3v) is 2.44. The number of ether oxygens (including phenoxy) is 1. The van der Waals surface area contributed by atoms with E-state index in [-0.39, 0.29) is 5.69 Å². The number of non-ortho nitro benzene ring substituents is 1. The molecule has 0 aromatic heterocycles. The lowest BCUT2D eigenvalue weighted by atomic mass is 10.2. The first-order valence-corrected chi connectivity index (χ1v) is 6.31.